The highest BCUT2D eigenvalue weighted by molar-refractivity contribution is 6.67. The van der Waals surface area contributed by atoms with Crippen LogP contribution in [0, 0.1) is 0 Å². The number of hydrogen-bond acceptors (Lipinski definition) is 0. The molecule has 0 aliphatic rings. The van der Waals surface area contributed by atoms with Crippen molar-refractivity contribution in [2.45, 2.75) is 10.2 Å². The second-order valence-electron chi connectivity index (χ2n) is 2.77. The molecular formula is C10H8Cl4. The molecule has 0 aromatic heterocycles. The van der Waals surface area contributed by atoms with Crippen molar-refractivity contribution in [1.82, 2.24) is 0 Å². The van der Waals surface area contributed by atoms with Crippen molar-refractivity contribution in [3.8, 4) is 0 Å². The van der Waals surface area contributed by atoms with Gasteiger partial charge in [-0.2, -0.15) is 0 Å². The maximum absolute atomic E-state index is 5.73. The van der Waals surface area contributed by atoms with Gasteiger partial charge in [0.1, 0.15) is 0 Å². The standard InChI is InChI=1S/C10H8Cl4/c11-9-5-3-8(4-6-9)2-1-7-10(12,13)14/h1-6H,7H2/b2-1-. The second-order valence-corrected chi connectivity index (χ2v) is 5.73. The molecule has 0 bridgehead atoms. The summed E-state index contributed by atoms with van der Waals surface area (Å²) in [6.07, 6.45) is 4.09. The quantitative estimate of drug-likeness (QED) is 0.655. The van der Waals surface area contributed by atoms with E-state index < -0.39 is 3.79 Å². The summed E-state index contributed by atoms with van der Waals surface area (Å²) >= 11 is 22.5. The minimum atomic E-state index is -1.22. The molecule has 0 unspecified atom stereocenters. The van der Waals surface area contributed by atoms with Crippen LogP contribution in [-0.2, 0) is 0 Å². The Labute approximate surface area is 103 Å². The van der Waals surface area contributed by atoms with Crippen molar-refractivity contribution in [2.75, 3.05) is 0 Å². The lowest BCUT2D eigenvalue weighted by molar-refractivity contribution is 1.08. The first-order valence-corrected chi connectivity index (χ1v) is 5.47. The van der Waals surface area contributed by atoms with Crippen molar-refractivity contribution in [3.05, 3.63) is 40.9 Å². The minimum Gasteiger partial charge on any atom is -0.0843 e. The maximum Gasteiger partial charge on any atom is 0.194 e. The van der Waals surface area contributed by atoms with Crippen LogP contribution in [0.15, 0.2) is 30.3 Å². The van der Waals surface area contributed by atoms with E-state index in [2.05, 4.69) is 0 Å². The summed E-state index contributed by atoms with van der Waals surface area (Å²) < 4.78 is -1.22. The van der Waals surface area contributed by atoms with E-state index in [4.69, 9.17) is 46.4 Å². The Bertz CT molecular complexity index is 308. The van der Waals surface area contributed by atoms with Crippen LogP contribution >= 0.6 is 46.4 Å². The Morgan fingerprint density at radius 1 is 1.07 bits per heavy atom. The molecule has 0 saturated carbocycles. The minimum absolute atomic E-state index is 0.389. The summed E-state index contributed by atoms with van der Waals surface area (Å²) in [5, 5.41) is 0.712. The van der Waals surface area contributed by atoms with Gasteiger partial charge in [-0.15, -0.1) is 0 Å². The third kappa shape index (κ3) is 5.11. The van der Waals surface area contributed by atoms with Gasteiger partial charge in [0.2, 0.25) is 0 Å². The van der Waals surface area contributed by atoms with Crippen molar-refractivity contribution in [1.29, 1.82) is 0 Å². The Balaban J connectivity index is 2.57. The number of rotatable bonds is 2. The first-order chi connectivity index (χ1) is 6.47. The largest absolute Gasteiger partial charge is 0.194 e. The second kappa shape index (κ2) is 5.27. The molecule has 0 fully saturated rings. The molecule has 0 atom stereocenters. The number of halogens is 4. The van der Waals surface area contributed by atoms with Gasteiger partial charge in [0, 0.05) is 11.4 Å². The number of allylic oxidation sites excluding steroid dienone is 1. The third-order valence-electron chi connectivity index (χ3n) is 1.53. The molecule has 0 aliphatic carbocycles. The summed E-state index contributed by atoms with van der Waals surface area (Å²) in [6.45, 7) is 0. The van der Waals surface area contributed by atoms with E-state index in [9.17, 15) is 0 Å². The molecule has 76 valence electrons. The van der Waals surface area contributed by atoms with Gasteiger partial charge in [-0.1, -0.05) is 70.7 Å². The smallest absolute Gasteiger partial charge is 0.0843 e. The van der Waals surface area contributed by atoms with Gasteiger partial charge >= 0.3 is 0 Å². The zero-order chi connectivity index (χ0) is 10.6. The normalized spacial score (nSPS) is 12.3. The van der Waals surface area contributed by atoms with Crippen molar-refractivity contribution in [2.24, 2.45) is 0 Å². The Morgan fingerprint density at radius 2 is 1.64 bits per heavy atom. The number of benzene rings is 1. The monoisotopic (exact) mass is 268 g/mol. The van der Waals surface area contributed by atoms with Gasteiger partial charge in [-0.3, -0.25) is 0 Å². The van der Waals surface area contributed by atoms with Crippen LogP contribution in [0.3, 0.4) is 0 Å². The van der Waals surface area contributed by atoms with Crippen LogP contribution in [0.2, 0.25) is 5.02 Å². The maximum atomic E-state index is 5.73. The fourth-order valence-corrected chi connectivity index (χ4v) is 1.30. The van der Waals surface area contributed by atoms with E-state index >= 15 is 0 Å². The molecule has 4 heteroatoms. The van der Waals surface area contributed by atoms with Crippen LogP contribution in [0.25, 0.3) is 6.08 Å². The summed E-state index contributed by atoms with van der Waals surface area (Å²) in [4.78, 5) is 0. The third-order valence-corrected chi connectivity index (χ3v) is 2.24. The van der Waals surface area contributed by atoms with E-state index in [1.54, 1.807) is 0 Å². The molecule has 0 aliphatic heterocycles. The molecule has 0 N–H and O–H groups in total. The highest BCUT2D eigenvalue weighted by Crippen LogP contribution is 2.30. The van der Waals surface area contributed by atoms with E-state index in [1.807, 2.05) is 36.4 Å². The molecular weight excluding hydrogens is 262 g/mol. The Morgan fingerprint density at radius 3 is 2.14 bits per heavy atom. The Kier molecular flexibility index (Phi) is 4.59. The van der Waals surface area contributed by atoms with E-state index in [-0.39, 0.29) is 0 Å². The fourth-order valence-electron chi connectivity index (χ4n) is 0.903. The predicted molar refractivity (Wildman–Crippen MR) is 65.4 cm³/mol. The topological polar surface area (TPSA) is 0 Å². The number of hydrogen-bond donors (Lipinski definition) is 0. The summed E-state index contributed by atoms with van der Waals surface area (Å²) in [7, 11) is 0. The molecule has 0 heterocycles. The van der Waals surface area contributed by atoms with Crippen molar-refractivity contribution >= 4 is 52.5 Å². The first-order valence-electron chi connectivity index (χ1n) is 3.96. The van der Waals surface area contributed by atoms with Gasteiger partial charge in [-0.25, -0.2) is 0 Å². The van der Waals surface area contributed by atoms with Gasteiger partial charge in [0.15, 0.2) is 3.79 Å². The Hall–Kier alpha value is 0.120. The lowest BCUT2D eigenvalue weighted by atomic mass is 10.2. The molecule has 0 nitrogen and oxygen atoms in total. The molecule has 0 amide bonds. The number of alkyl halides is 3. The first kappa shape index (κ1) is 12.2. The highest BCUT2D eigenvalue weighted by atomic mass is 35.6. The zero-order valence-electron chi connectivity index (χ0n) is 7.18. The van der Waals surface area contributed by atoms with Gasteiger partial charge in [0.25, 0.3) is 0 Å². The fraction of sp³-hybridized carbons (Fsp3) is 0.200. The van der Waals surface area contributed by atoms with E-state index in [0.29, 0.717) is 11.4 Å². The van der Waals surface area contributed by atoms with Crippen LogP contribution in [0.1, 0.15) is 12.0 Å². The van der Waals surface area contributed by atoms with Crippen molar-refractivity contribution < 1.29 is 0 Å². The average molecular weight is 270 g/mol. The van der Waals surface area contributed by atoms with Crippen LogP contribution < -0.4 is 0 Å². The lowest BCUT2D eigenvalue weighted by Gasteiger charge is -2.05. The zero-order valence-corrected chi connectivity index (χ0v) is 10.2. The molecule has 1 rings (SSSR count). The lowest BCUT2D eigenvalue weighted by Crippen LogP contribution is -1.97. The van der Waals surface area contributed by atoms with Crippen LogP contribution in [0.4, 0.5) is 0 Å². The molecule has 1 aromatic rings. The molecule has 0 spiro atoms. The summed E-state index contributed by atoms with van der Waals surface area (Å²) in [5.74, 6) is 0. The summed E-state index contributed by atoms with van der Waals surface area (Å²) in [5.41, 5.74) is 1.03. The summed E-state index contributed by atoms with van der Waals surface area (Å²) in [6, 6.07) is 7.43. The van der Waals surface area contributed by atoms with Crippen molar-refractivity contribution in [3.63, 3.8) is 0 Å². The highest BCUT2D eigenvalue weighted by Gasteiger charge is 2.16. The SMILES string of the molecule is Clc1ccc(/C=C\CC(Cl)(Cl)Cl)cc1. The molecule has 0 radical (unpaired) electrons. The molecule has 14 heavy (non-hydrogen) atoms. The van der Waals surface area contributed by atoms with E-state index in [1.165, 1.54) is 0 Å². The molecule has 1 aromatic carbocycles. The predicted octanol–water partition coefficient (Wildman–Crippen LogP) is 5.11. The van der Waals surface area contributed by atoms with E-state index in [0.717, 1.165) is 5.56 Å². The molecule has 0 saturated heterocycles. The van der Waals surface area contributed by atoms with Gasteiger partial charge < -0.3 is 0 Å². The van der Waals surface area contributed by atoms with Crippen LogP contribution in [-0.4, -0.2) is 3.79 Å². The van der Waals surface area contributed by atoms with Gasteiger partial charge in [0.05, 0.1) is 0 Å². The van der Waals surface area contributed by atoms with Crippen LogP contribution in [0.5, 0.6) is 0 Å². The average Bonchev–Trinajstić information content (AvgIpc) is 2.06. The van der Waals surface area contributed by atoms with Gasteiger partial charge in [-0.05, 0) is 17.7 Å².